The van der Waals surface area contributed by atoms with Crippen molar-refractivity contribution in [3.8, 4) is 0 Å². The summed E-state index contributed by atoms with van der Waals surface area (Å²) < 4.78 is 3.49. The van der Waals surface area contributed by atoms with Crippen LogP contribution in [-0.2, 0) is 20.6 Å². The summed E-state index contributed by atoms with van der Waals surface area (Å²) in [5.74, 6) is -0.0437. The van der Waals surface area contributed by atoms with Gasteiger partial charge in [-0.05, 0) is 26.0 Å². The van der Waals surface area contributed by atoms with Gasteiger partial charge in [-0.2, -0.15) is 10.2 Å². The van der Waals surface area contributed by atoms with Gasteiger partial charge in [0.15, 0.2) is 5.65 Å². The van der Waals surface area contributed by atoms with Gasteiger partial charge in [0.25, 0.3) is 5.91 Å². The maximum atomic E-state index is 12.9. The van der Waals surface area contributed by atoms with Gasteiger partial charge in [-0.25, -0.2) is 4.98 Å². The molecule has 0 N–H and O–H groups in total. The van der Waals surface area contributed by atoms with Gasteiger partial charge >= 0.3 is 0 Å². The van der Waals surface area contributed by atoms with Crippen LogP contribution < -0.4 is 0 Å². The van der Waals surface area contributed by atoms with Crippen LogP contribution in [0.15, 0.2) is 18.3 Å². The standard InChI is InChI=1S/C16H20N6O/c1-10-8-13(14-11(2)19-22(5)15(14)18-10)16(23)20(3)9-12-6-7-17-21(12)4/h6-8H,9H2,1-5H3. The Hall–Kier alpha value is -2.70. The molecule has 7 nitrogen and oxygen atoms in total. The zero-order chi connectivity index (χ0) is 16.7. The maximum absolute atomic E-state index is 12.9. The van der Waals surface area contributed by atoms with Gasteiger partial charge in [0.2, 0.25) is 0 Å². The second-order valence-corrected chi connectivity index (χ2v) is 5.83. The molecule has 0 atom stereocenters. The maximum Gasteiger partial charge on any atom is 0.254 e. The lowest BCUT2D eigenvalue weighted by molar-refractivity contribution is 0.0783. The minimum atomic E-state index is -0.0437. The summed E-state index contributed by atoms with van der Waals surface area (Å²) in [6.45, 7) is 4.29. The van der Waals surface area contributed by atoms with Crippen LogP contribution in [0.25, 0.3) is 11.0 Å². The zero-order valence-corrected chi connectivity index (χ0v) is 14.0. The van der Waals surface area contributed by atoms with Crippen molar-refractivity contribution in [3.05, 3.63) is 41.0 Å². The summed E-state index contributed by atoms with van der Waals surface area (Å²) in [4.78, 5) is 19.1. The van der Waals surface area contributed by atoms with Gasteiger partial charge in [0.1, 0.15) is 0 Å². The number of aryl methyl sites for hydroxylation is 4. The topological polar surface area (TPSA) is 68.8 Å². The number of hydrogen-bond donors (Lipinski definition) is 0. The Morgan fingerprint density at radius 3 is 2.65 bits per heavy atom. The summed E-state index contributed by atoms with van der Waals surface area (Å²) >= 11 is 0. The van der Waals surface area contributed by atoms with Gasteiger partial charge in [0.05, 0.1) is 28.9 Å². The molecule has 0 aliphatic carbocycles. The van der Waals surface area contributed by atoms with Crippen molar-refractivity contribution in [2.75, 3.05) is 7.05 Å². The van der Waals surface area contributed by atoms with Crippen molar-refractivity contribution < 1.29 is 4.79 Å². The molecule has 1 amide bonds. The lowest BCUT2D eigenvalue weighted by Crippen LogP contribution is -2.27. The molecule has 0 radical (unpaired) electrons. The predicted octanol–water partition coefficient (Wildman–Crippen LogP) is 1.59. The van der Waals surface area contributed by atoms with E-state index in [-0.39, 0.29) is 5.91 Å². The van der Waals surface area contributed by atoms with Crippen molar-refractivity contribution >= 4 is 16.9 Å². The third-order valence-electron chi connectivity index (χ3n) is 4.00. The summed E-state index contributed by atoms with van der Waals surface area (Å²) in [7, 11) is 5.51. The smallest absolute Gasteiger partial charge is 0.254 e. The number of nitrogens with zero attached hydrogens (tertiary/aromatic N) is 6. The van der Waals surface area contributed by atoms with E-state index in [1.165, 1.54) is 0 Å². The van der Waals surface area contributed by atoms with Crippen LogP contribution in [0.5, 0.6) is 0 Å². The molecule has 0 aliphatic rings. The highest BCUT2D eigenvalue weighted by Crippen LogP contribution is 2.23. The van der Waals surface area contributed by atoms with E-state index in [2.05, 4.69) is 15.2 Å². The Balaban J connectivity index is 2.02. The number of carbonyl (C=O) groups is 1. The molecule has 3 heterocycles. The second-order valence-electron chi connectivity index (χ2n) is 5.83. The van der Waals surface area contributed by atoms with Crippen LogP contribution in [0.4, 0.5) is 0 Å². The molecule has 0 unspecified atom stereocenters. The first-order valence-electron chi connectivity index (χ1n) is 7.41. The summed E-state index contributed by atoms with van der Waals surface area (Å²) in [5.41, 5.74) is 3.97. The SMILES string of the molecule is Cc1cc(C(=O)N(C)Cc2ccnn2C)c2c(C)nn(C)c2n1. The minimum Gasteiger partial charge on any atom is -0.336 e. The number of amides is 1. The molecule has 7 heteroatoms. The molecule has 0 saturated carbocycles. The molecule has 3 aromatic rings. The lowest BCUT2D eigenvalue weighted by Gasteiger charge is -2.18. The van der Waals surface area contributed by atoms with E-state index in [0.29, 0.717) is 12.1 Å². The number of pyridine rings is 1. The quantitative estimate of drug-likeness (QED) is 0.736. The van der Waals surface area contributed by atoms with E-state index >= 15 is 0 Å². The van der Waals surface area contributed by atoms with Gasteiger partial charge < -0.3 is 4.90 Å². The summed E-state index contributed by atoms with van der Waals surface area (Å²) in [6, 6.07) is 3.74. The van der Waals surface area contributed by atoms with E-state index in [1.54, 1.807) is 27.5 Å². The fourth-order valence-electron chi connectivity index (χ4n) is 2.82. The molecule has 0 saturated heterocycles. The van der Waals surface area contributed by atoms with Crippen molar-refractivity contribution in [1.29, 1.82) is 0 Å². The highest BCUT2D eigenvalue weighted by atomic mass is 16.2. The molecule has 0 aliphatic heterocycles. The van der Waals surface area contributed by atoms with E-state index in [9.17, 15) is 4.79 Å². The van der Waals surface area contributed by atoms with Crippen molar-refractivity contribution in [2.24, 2.45) is 14.1 Å². The van der Waals surface area contributed by atoms with Crippen LogP contribution in [-0.4, -0.2) is 42.4 Å². The highest BCUT2D eigenvalue weighted by molar-refractivity contribution is 6.06. The van der Waals surface area contributed by atoms with E-state index in [0.717, 1.165) is 28.1 Å². The molecule has 0 aromatic carbocycles. The van der Waals surface area contributed by atoms with Crippen LogP contribution in [0.3, 0.4) is 0 Å². The molecule has 23 heavy (non-hydrogen) atoms. The number of aromatic nitrogens is 5. The predicted molar refractivity (Wildman–Crippen MR) is 87.0 cm³/mol. The highest BCUT2D eigenvalue weighted by Gasteiger charge is 2.21. The Kier molecular flexibility index (Phi) is 3.63. The molecular weight excluding hydrogens is 292 g/mol. The average molecular weight is 312 g/mol. The van der Waals surface area contributed by atoms with Crippen molar-refractivity contribution in [3.63, 3.8) is 0 Å². The van der Waals surface area contributed by atoms with Crippen LogP contribution in [0.1, 0.15) is 27.4 Å². The Morgan fingerprint density at radius 2 is 2.00 bits per heavy atom. The average Bonchev–Trinajstić information content (AvgIpc) is 3.02. The zero-order valence-electron chi connectivity index (χ0n) is 14.0. The minimum absolute atomic E-state index is 0.0437. The van der Waals surface area contributed by atoms with Gasteiger partial charge in [-0.15, -0.1) is 0 Å². The fourth-order valence-corrected chi connectivity index (χ4v) is 2.82. The van der Waals surface area contributed by atoms with E-state index < -0.39 is 0 Å². The molecule has 120 valence electrons. The fraction of sp³-hybridized carbons (Fsp3) is 0.375. The third-order valence-corrected chi connectivity index (χ3v) is 4.00. The molecule has 0 fully saturated rings. The Morgan fingerprint density at radius 1 is 1.26 bits per heavy atom. The first-order chi connectivity index (χ1) is 10.9. The molecule has 0 spiro atoms. The molecular formula is C16H20N6O. The molecule has 3 rings (SSSR count). The van der Waals surface area contributed by atoms with Gasteiger partial charge in [-0.3, -0.25) is 14.2 Å². The van der Waals surface area contributed by atoms with Gasteiger partial charge in [-0.1, -0.05) is 0 Å². The first kappa shape index (κ1) is 15.2. The number of rotatable bonds is 3. The number of fused-ring (bicyclic) bond motifs is 1. The van der Waals surface area contributed by atoms with E-state index in [4.69, 9.17) is 0 Å². The molecule has 0 bridgehead atoms. The number of hydrogen-bond acceptors (Lipinski definition) is 4. The van der Waals surface area contributed by atoms with Crippen LogP contribution in [0.2, 0.25) is 0 Å². The van der Waals surface area contributed by atoms with Crippen LogP contribution >= 0.6 is 0 Å². The monoisotopic (exact) mass is 312 g/mol. The second kappa shape index (κ2) is 5.49. The van der Waals surface area contributed by atoms with E-state index in [1.807, 2.05) is 40.1 Å². The van der Waals surface area contributed by atoms with Gasteiger partial charge in [0, 0.05) is 33.0 Å². The van der Waals surface area contributed by atoms with Crippen molar-refractivity contribution in [1.82, 2.24) is 29.4 Å². The largest absolute Gasteiger partial charge is 0.336 e. The van der Waals surface area contributed by atoms with Crippen molar-refractivity contribution in [2.45, 2.75) is 20.4 Å². The third kappa shape index (κ3) is 2.58. The summed E-state index contributed by atoms with van der Waals surface area (Å²) in [5, 5.41) is 9.35. The lowest BCUT2D eigenvalue weighted by atomic mass is 10.1. The summed E-state index contributed by atoms with van der Waals surface area (Å²) in [6.07, 6.45) is 1.73. The molecule has 3 aromatic heterocycles. The Bertz CT molecular complexity index is 891. The number of carbonyl (C=O) groups excluding carboxylic acids is 1. The van der Waals surface area contributed by atoms with Crippen LogP contribution in [0, 0.1) is 13.8 Å². The normalized spacial score (nSPS) is 11.2. The first-order valence-corrected chi connectivity index (χ1v) is 7.41. The Labute approximate surface area is 134 Å².